The van der Waals surface area contributed by atoms with Gasteiger partial charge in [0.1, 0.15) is 11.9 Å². The van der Waals surface area contributed by atoms with E-state index >= 15 is 0 Å². The SMILES string of the molecule is CC(=O)N(Cc1ccc(F)cc1)C(C)C(=O)NCCC1=CCCCC1. The van der Waals surface area contributed by atoms with Gasteiger partial charge in [0.15, 0.2) is 0 Å². The van der Waals surface area contributed by atoms with Crippen LogP contribution in [0, 0.1) is 5.82 Å². The molecule has 2 amide bonds. The van der Waals surface area contributed by atoms with Crippen LogP contribution in [0.5, 0.6) is 0 Å². The van der Waals surface area contributed by atoms with Crippen molar-refractivity contribution >= 4 is 11.8 Å². The zero-order chi connectivity index (χ0) is 18.2. The number of hydrogen-bond acceptors (Lipinski definition) is 2. The standard InChI is InChI=1S/C20H27FN2O2/c1-15(20(25)22-13-12-17-6-4-3-5-7-17)23(16(2)24)14-18-8-10-19(21)11-9-18/h6,8-11,15H,3-5,7,12-14H2,1-2H3,(H,22,25). The summed E-state index contributed by atoms with van der Waals surface area (Å²) >= 11 is 0. The normalized spacial score (nSPS) is 15.2. The van der Waals surface area contributed by atoms with Crippen molar-refractivity contribution < 1.29 is 14.0 Å². The van der Waals surface area contributed by atoms with Gasteiger partial charge >= 0.3 is 0 Å². The second-order valence-electron chi connectivity index (χ2n) is 6.60. The van der Waals surface area contributed by atoms with Gasteiger partial charge in [0.2, 0.25) is 11.8 Å². The Hall–Kier alpha value is -2.17. The average molecular weight is 346 g/mol. The van der Waals surface area contributed by atoms with Crippen molar-refractivity contribution in [2.75, 3.05) is 6.54 Å². The molecule has 1 aliphatic carbocycles. The smallest absolute Gasteiger partial charge is 0.242 e. The number of nitrogens with one attached hydrogen (secondary N) is 1. The minimum atomic E-state index is -0.567. The number of hydrogen-bond donors (Lipinski definition) is 1. The fraction of sp³-hybridized carbons (Fsp3) is 0.500. The van der Waals surface area contributed by atoms with E-state index in [1.54, 1.807) is 19.1 Å². The van der Waals surface area contributed by atoms with E-state index in [1.165, 1.54) is 42.4 Å². The fourth-order valence-corrected chi connectivity index (χ4v) is 3.07. The van der Waals surface area contributed by atoms with Gasteiger partial charge in [0.25, 0.3) is 0 Å². The minimum Gasteiger partial charge on any atom is -0.354 e. The highest BCUT2D eigenvalue weighted by Crippen LogP contribution is 2.19. The van der Waals surface area contributed by atoms with Crippen LogP contribution in [0.25, 0.3) is 0 Å². The van der Waals surface area contributed by atoms with Crippen LogP contribution in [0.1, 0.15) is 51.5 Å². The Morgan fingerprint density at radius 3 is 2.56 bits per heavy atom. The summed E-state index contributed by atoms with van der Waals surface area (Å²) in [6.45, 7) is 4.05. The van der Waals surface area contributed by atoms with Crippen LogP contribution < -0.4 is 5.32 Å². The summed E-state index contributed by atoms with van der Waals surface area (Å²) in [5, 5.41) is 2.93. The predicted octanol–water partition coefficient (Wildman–Crippen LogP) is 3.57. The third-order valence-electron chi connectivity index (χ3n) is 4.65. The van der Waals surface area contributed by atoms with Gasteiger partial charge in [-0.2, -0.15) is 0 Å². The maximum absolute atomic E-state index is 13.0. The first-order chi connectivity index (χ1) is 12.0. The monoisotopic (exact) mass is 346 g/mol. The van der Waals surface area contributed by atoms with Gasteiger partial charge in [-0.3, -0.25) is 9.59 Å². The predicted molar refractivity (Wildman–Crippen MR) is 96.3 cm³/mol. The molecular formula is C20H27FN2O2. The van der Waals surface area contributed by atoms with Crippen molar-refractivity contribution in [2.45, 2.75) is 58.5 Å². The second kappa shape index (κ2) is 9.35. The third-order valence-corrected chi connectivity index (χ3v) is 4.65. The van der Waals surface area contributed by atoms with Crippen molar-refractivity contribution in [1.29, 1.82) is 0 Å². The molecule has 5 heteroatoms. The van der Waals surface area contributed by atoms with E-state index < -0.39 is 6.04 Å². The van der Waals surface area contributed by atoms with E-state index in [4.69, 9.17) is 0 Å². The Kier molecular flexibility index (Phi) is 7.16. The summed E-state index contributed by atoms with van der Waals surface area (Å²) in [6.07, 6.45) is 7.88. The van der Waals surface area contributed by atoms with Gasteiger partial charge in [-0.25, -0.2) is 4.39 Å². The molecular weight excluding hydrogens is 319 g/mol. The van der Waals surface area contributed by atoms with Crippen LogP contribution in [0.2, 0.25) is 0 Å². The molecule has 1 atom stereocenters. The van der Waals surface area contributed by atoms with Crippen LogP contribution >= 0.6 is 0 Å². The largest absolute Gasteiger partial charge is 0.354 e. The molecule has 1 aromatic rings. The minimum absolute atomic E-state index is 0.159. The number of carbonyl (C=O) groups is 2. The van der Waals surface area contributed by atoms with Gasteiger partial charge in [-0.15, -0.1) is 0 Å². The lowest BCUT2D eigenvalue weighted by molar-refractivity contribution is -0.138. The average Bonchev–Trinajstić information content (AvgIpc) is 2.61. The summed E-state index contributed by atoms with van der Waals surface area (Å²) in [5.74, 6) is -0.656. The highest BCUT2D eigenvalue weighted by Gasteiger charge is 2.23. The van der Waals surface area contributed by atoms with E-state index in [9.17, 15) is 14.0 Å². The number of benzene rings is 1. The zero-order valence-corrected chi connectivity index (χ0v) is 15.1. The molecule has 0 saturated heterocycles. The zero-order valence-electron chi connectivity index (χ0n) is 15.1. The van der Waals surface area contributed by atoms with Crippen molar-refractivity contribution in [3.63, 3.8) is 0 Å². The van der Waals surface area contributed by atoms with Gasteiger partial charge in [-0.1, -0.05) is 23.8 Å². The molecule has 1 unspecified atom stereocenters. The van der Waals surface area contributed by atoms with Crippen LogP contribution in [0.15, 0.2) is 35.9 Å². The maximum atomic E-state index is 13.0. The van der Waals surface area contributed by atoms with E-state index in [1.807, 2.05) is 0 Å². The molecule has 0 fully saturated rings. The third kappa shape index (κ3) is 6.00. The molecule has 0 spiro atoms. The highest BCUT2D eigenvalue weighted by atomic mass is 19.1. The van der Waals surface area contributed by atoms with E-state index in [0.29, 0.717) is 6.54 Å². The molecule has 0 aliphatic heterocycles. The number of rotatable bonds is 7. The lowest BCUT2D eigenvalue weighted by atomic mass is 9.97. The van der Waals surface area contributed by atoms with Crippen molar-refractivity contribution in [1.82, 2.24) is 10.2 Å². The maximum Gasteiger partial charge on any atom is 0.242 e. The molecule has 1 aliphatic rings. The Morgan fingerprint density at radius 2 is 1.96 bits per heavy atom. The molecule has 4 nitrogen and oxygen atoms in total. The van der Waals surface area contributed by atoms with Crippen molar-refractivity contribution in [3.05, 3.63) is 47.3 Å². The molecule has 25 heavy (non-hydrogen) atoms. The first-order valence-electron chi connectivity index (χ1n) is 8.94. The summed E-state index contributed by atoms with van der Waals surface area (Å²) in [4.78, 5) is 25.8. The Morgan fingerprint density at radius 1 is 1.24 bits per heavy atom. The topological polar surface area (TPSA) is 49.4 Å². The molecule has 2 rings (SSSR count). The summed E-state index contributed by atoms with van der Waals surface area (Å²) in [5.41, 5.74) is 2.21. The van der Waals surface area contributed by atoms with Crippen LogP contribution in [0.3, 0.4) is 0 Å². The van der Waals surface area contributed by atoms with Gasteiger partial charge in [0.05, 0.1) is 0 Å². The lowest BCUT2D eigenvalue weighted by Gasteiger charge is -2.27. The van der Waals surface area contributed by atoms with E-state index in [-0.39, 0.29) is 24.2 Å². The number of carbonyl (C=O) groups excluding carboxylic acids is 2. The Bertz CT molecular complexity index is 625. The van der Waals surface area contributed by atoms with Gasteiger partial charge in [0, 0.05) is 20.0 Å². The molecule has 0 radical (unpaired) electrons. The van der Waals surface area contributed by atoms with Crippen LogP contribution in [-0.4, -0.2) is 29.3 Å². The number of halogens is 1. The number of allylic oxidation sites excluding steroid dienone is 1. The first-order valence-corrected chi connectivity index (χ1v) is 8.94. The van der Waals surface area contributed by atoms with E-state index in [2.05, 4.69) is 11.4 Å². The first kappa shape index (κ1) is 19.2. The van der Waals surface area contributed by atoms with Gasteiger partial charge < -0.3 is 10.2 Å². The summed E-state index contributed by atoms with van der Waals surface area (Å²) in [6, 6.07) is 5.41. The Labute approximate surface area is 149 Å². The lowest BCUT2D eigenvalue weighted by Crippen LogP contribution is -2.47. The molecule has 1 aromatic carbocycles. The molecule has 0 heterocycles. The second-order valence-corrected chi connectivity index (χ2v) is 6.60. The van der Waals surface area contributed by atoms with Gasteiger partial charge in [-0.05, 0) is 56.7 Å². The molecule has 136 valence electrons. The van der Waals surface area contributed by atoms with Crippen LogP contribution in [0.4, 0.5) is 4.39 Å². The van der Waals surface area contributed by atoms with Crippen molar-refractivity contribution in [3.8, 4) is 0 Å². The highest BCUT2D eigenvalue weighted by molar-refractivity contribution is 5.86. The fourth-order valence-electron chi connectivity index (χ4n) is 3.07. The van der Waals surface area contributed by atoms with Crippen molar-refractivity contribution in [2.24, 2.45) is 0 Å². The molecule has 0 saturated carbocycles. The molecule has 0 aromatic heterocycles. The van der Waals surface area contributed by atoms with Crippen LogP contribution in [-0.2, 0) is 16.1 Å². The van der Waals surface area contributed by atoms with E-state index in [0.717, 1.165) is 24.8 Å². The number of amides is 2. The quantitative estimate of drug-likeness (QED) is 0.767. The summed E-state index contributed by atoms with van der Waals surface area (Å²) in [7, 11) is 0. The number of nitrogens with zero attached hydrogens (tertiary/aromatic N) is 1. The molecule has 1 N–H and O–H groups in total. The summed E-state index contributed by atoms with van der Waals surface area (Å²) < 4.78 is 13.0. The Balaban J connectivity index is 1.88. The molecule has 0 bridgehead atoms.